The number of nitrogens with zero attached hydrogens (tertiary/aromatic N) is 1. The van der Waals surface area contributed by atoms with Crippen molar-refractivity contribution in [1.82, 2.24) is 9.97 Å². The average molecular weight is 225 g/mol. The van der Waals surface area contributed by atoms with E-state index in [0.29, 0.717) is 23.6 Å². The van der Waals surface area contributed by atoms with Gasteiger partial charge >= 0.3 is 0 Å². The Morgan fingerprint density at radius 3 is 2.56 bits per heavy atom. The van der Waals surface area contributed by atoms with Crippen LogP contribution in [-0.4, -0.2) is 17.1 Å². The molecule has 3 N–H and O–H groups in total. The van der Waals surface area contributed by atoms with Crippen molar-refractivity contribution in [2.45, 2.75) is 39.2 Å². The Labute approximate surface area is 95.0 Å². The van der Waals surface area contributed by atoms with Gasteiger partial charge in [-0.2, -0.15) is 0 Å². The first-order valence-electron chi connectivity index (χ1n) is 5.36. The average Bonchev–Trinajstić information content (AvgIpc) is 2.23. The summed E-state index contributed by atoms with van der Waals surface area (Å²) in [7, 11) is 1.57. The summed E-state index contributed by atoms with van der Waals surface area (Å²) in [6.07, 6.45) is 1.50. The smallest absolute Gasteiger partial charge is 0.256 e. The van der Waals surface area contributed by atoms with Gasteiger partial charge in [0.2, 0.25) is 0 Å². The summed E-state index contributed by atoms with van der Waals surface area (Å²) in [6.45, 7) is 5.64. The third kappa shape index (κ3) is 2.41. The van der Waals surface area contributed by atoms with E-state index in [2.05, 4.69) is 9.97 Å². The molecule has 0 saturated carbocycles. The minimum Gasteiger partial charge on any atom is -0.383 e. The molecule has 1 aromatic rings. The van der Waals surface area contributed by atoms with Gasteiger partial charge in [-0.25, -0.2) is 4.98 Å². The molecular formula is C11H19N3O2. The Kier molecular flexibility index (Phi) is 3.70. The van der Waals surface area contributed by atoms with E-state index >= 15 is 0 Å². The number of anilines is 1. The topological polar surface area (TPSA) is 81.0 Å². The molecule has 5 nitrogen and oxygen atoms in total. The Morgan fingerprint density at radius 1 is 1.50 bits per heavy atom. The van der Waals surface area contributed by atoms with Crippen molar-refractivity contribution in [3.05, 3.63) is 21.7 Å². The van der Waals surface area contributed by atoms with Gasteiger partial charge in [0.15, 0.2) is 0 Å². The molecule has 0 radical (unpaired) electrons. The van der Waals surface area contributed by atoms with Gasteiger partial charge in [-0.05, 0) is 20.3 Å². The molecule has 5 heteroatoms. The molecule has 0 spiro atoms. The van der Waals surface area contributed by atoms with Gasteiger partial charge in [-0.1, -0.05) is 13.3 Å². The molecule has 0 aromatic carbocycles. The van der Waals surface area contributed by atoms with Crippen LogP contribution in [0.3, 0.4) is 0 Å². The zero-order chi connectivity index (χ0) is 12.3. The van der Waals surface area contributed by atoms with Crippen LogP contribution in [0.5, 0.6) is 0 Å². The molecule has 0 fully saturated rings. The van der Waals surface area contributed by atoms with Crippen LogP contribution in [0, 0.1) is 0 Å². The first-order valence-corrected chi connectivity index (χ1v) is 5.36. The van der Waals surface area contributed by atoms with E-state index in [0.717, 1.165) is 6.42 Å². The first kappa shape index (κ1) is 12.7. The van der Waals surface area contributed by atoms with Crippen molar-refractivity contribution in [3.63, 3.8) is 0 Å². The van der Waals surface area contributed by atoms with E-state index in [1.165, 1.54) is 0 Å². The van der Waals surface area contributed by atoms with E-state index in [4.69, 9.17) is 10.5 Å². The fourth-order valence-corrected chi connectivity index (χ4v) is 1.39. The van der Waals surface area contributed by atoms with Crippen molar-refractivity contribution in [2.24, 2.45) is 0 Å². The van der Waals surface area contributed by atoms with Crippen LogP contribution in [0.4, 0.5) is 5.82 Å². The highest BCUT2D eigenvalue weighted by molar-refractivity contribution is 5.38. The second-order valence-electron chi connectivity index (χ2n) is 4.24. The fourth-order valence-electron chi connectivity index (χ4n) is 1.39. The van der Waals surface area contributed by atoms with Crippen LogP contribution in [0.1, 0.15) is 38.6 Å². The summed E-state index contributed by atoms with van der Waals surface area (Å²) in [5, 5.41) is 0. The molecule has 0 bridgehead atoms. The highest BCUT2D eigenvalue weighted by Crippen LogP contribution is 2.20. The molecule has 0 aliphatic rings. The van der Waals surface area contributed by atoms with Gasteiger partial charge in [0, 0.05) is 7.11 Å². The van der Waals surface area contributed by atoms with Crippen molar-refractivity contribution in [2.75, 3.05) is 12.8 Å². The summed E-state index contributed by atoms with van der Waals surface area (Å²) in [5.74, 6) is 0.753. The maximum absolute atomic E-state index is 11.8. The number of rotatable bonds is 4. The Hall–Kier alpha value is -1.36. The van der Waals surface area contributed by atoms with Crippen LogP contribution in [0.2, 0.25) is 0 Å². The lowest BCUT2D eigenvalue weighted by molar-refractivity contribution is 0.0113. The SMILES string of the molecule is CCCc1c(N)nc(C(C)(C)OC)[nH]c1=O. The zero-order valence-corrected chi connectivity index (χ0v) is 10.3. The molecule has 0 saturated heterocycles. The van der Waals surface area contributed by atoms with Crippen LogP contribution in [-0.2, 0) is 16.8 Å². The molecule has 16 heavy (non-hydrogen) atoms. The van der Waals surface area contributed by atoms with Gasteiger partial charge in [-0.15, -0.1) is 0 Å². The quantitative estimate of drug-likeness (QED) is 0.806. The number of aromatic nitrogens is 2. The highest BCUT2D eigenvalue weighted by Gasteiger charge is 2.24. The lowest BCUT2D eigenvalue weighted by Crippen LogP contribution is -2.29. The van der Waals surface area contributed by atoms with Gasteiger partial charge in [0.05, 0.1) is 5.56 Å². The number of methoxy groups -OCH3 is 1. The van der Waals surface area contributed by atoms with E-state index in [1.54, 1.807) is 7.11 Å². The lowest BCUT2D eigenvalue weighted by atomic mass is 10.1. The van der Waals surface area contributed by atoms with Crippen molar-refractivity contribution in [3.8, 4) is 0 Å². The van der Waals surface area contributed by atoms with Crippen LogP contribution in [0.15, 0.2) is 4.79 Å². The second kappa shape index (κ2) is 4.65. The summed E-state index contributed by atoms with van der Waals surface area (Å²) in [4.78, 5) is 18.7. The Balaban J connectivity index is 3.25. The third-order valence-corrected chi connectivity index (χ3v) is 2.63. The number of hydrogen-bond acceptors (Lipinski definition) is 4. The number of ether oxygens (including phenoxy) is 1. The molecule has 1 heterocycles. The van der Waals surface area contributed by atoms with Crippen molar-refractivity contribution < 1.29 is 4.74 Å². The third-order valence-electron chi connectivity index (χ3n) is 2.63. The molecule has 0 aliphatic heterocycles. The van der Waals surface area contributed by atoms with Crippen molar-refractivity contribution in [1.29, 1.82) is 0 Å². The fraction of sp³-hybridized carbons (Fsp3) is 0.636. The minimum absolute atomic E-state index is 0.172. The maximum Gasteiger partial charge on any atom is 0.256 e. The van der Waals surface area contributed by atoms with E-state index < -0.39 is 5.60 Å². The van der Waals surface area contributed by atoms with E-state index in [-0.39, 0.29) is 5.56 Å². The van der Waals surface area contributed by atoms with Gasteiger partial charge < -0.3 is 15.5 Å². The number of H-pyrrole nitrogens is 1. The normalized spacial score (nSPS) is 11.8. The first-order chi connectivity index (χ1) is 7.42. The number of nitrogens with two attached hydrogens (primary N) is 1. The molecular weight excluding hydrogens is 206 g/mol. The van der Waals surface area contributed by atoms with Crippen molar-refractivity contribution >= 4 is 5.82 Å². The van der Waals surface area contributed by atoms with Gasteiger partial charge in [0.25, 0.3) is 5.56 Å². The predicted octanol–water partition coefficient (Wildman–Crippen LogP) is 1.19. The van der Waals surface area contributed by atoms with Crippen LogP contribution in [0.25, 0.3) is 0 Å². The monoisotopic (exact) mass is 225 g/mol. The summed E-state index contributed by atoms with van der Waals surface area (Å²) >= 11 is 0. The van der Waals surface area contributed by atoms with Gasteiger partial charge in [-0.3, -0.25) is 4.79 Å². The highest BCUT2D eigenvalue weighted by atomic mass is 16.5. The van der Waals surface area contributed by atoms with E-state index in [1.807, 2.05) is 20.8 Å². The standard InChI is InChI=1S/C11H19N3O2/c1-5-6-7-8(12)13-10(14-9(7)15)11(2,3)16-4/h5-6H2,1-4H3,(H3,12,13,14,15). The zero-order valence-electron chi connectivity index (χ0n) is 10.3. The molecule has 0 amide bonds. The predicted molar refractivity (Wildman–Crippen MR) is 63.3 cm³/mol. The summed E-state index contributed by atoms with van der Waals surface area (Å²) in [5.41, 5.74) is 5.51. The summed E-state index contributed by atoms with van der Waals surface area (Å²) < 4.78 is 5.25. The van der Waals surface area contributed by atoms with Crippen LogP contribution >= 0.6 is 0 Å². The van der Waals surface area contributed by atoms with E-state index in [9.17, 15) is 4.79 Å². The van der Waals surface area contributed by atoms with Crippen LogP contribution < -0.4 is 11.3 Å². The largest absolute Gasteiger partial charge is 0.383 e. The number of hydrogen-bond donors (Lipinski definition) is 2. The Bertz CT molecular complexity index is 424. The molecule has 0 unspecified atom stereocenters. The molecule has 0 aliphatic carbocycles. The maximum atomic E-state index is 11.8. The number of aromatic amines is 1. The molecule has 90 valence electrons. The second-order valence-corrected chi connectivity index (χ2v) is 4.24. The lowest BCUT2D eigenvalue weighted by Gasteiger charge is -2.22. The molecule has 1 rings (SSSR count). The Morgan fingerprint density at radius 2 is 2.12 bits per heavy atom. The molecule has 1 aromatic heterocycles. The minimum atomic E-state index is -0.641. The molecule has 0 atom stereocenters. The number of nitrogen functional groups attached to an aromatic ring is 1. The number of nitrogens with one attached hydrogen (secondary N) is 1. The van der Waals surface area contributed by atoms with Gasteiger partial charge in [0.1, 0.15) is 17.2 Å². The summed E-state index contributed by atoms with van der Waals surface area (Å²) in [6, 6.07) is 0.